The zero-order valence-corrected chi connectivity index (χ0v) is 26.6. The van der Waals surface area contributed by atoms with Gasteiger partial charge in [0.2, 0.25) is 0 Å². The SMILES string of the molecule is COC(=O)CCN(C(=O)c1ccc2c(c1)nc(C(C)Nc1ccc(/C(N)=N\C(=O)OC3CCCCC3)c(F)c1)n2C)c1ccccn1. The highest BCUT2D eigenvalue weighted by molar-refractivity contribution is 6.07. The first-order chi connectivity index (χ1) is 22.6. The Balaban J connectivity index is 1.30. The summed E-state index contributed by atoms with van der Waals surface area (Å²) < 4.78 is 27.1. The van der Waals surface area contributed by atoms with Crippen LogP contribution in [0.15, 0.2) is 65.8 Å². The van der Waals surface area contributed by atoms with E-state index in [0.717, 1.165) is 37.6 Å². The number of hydrogen-bond acceptors (Lipinski definition) is 8. The number of nitrogens with one attached hydrogen (secondary N) is 1. The molecule has 1 fully saturated rings. The number of halogens is 1. The summed E-state index contributed by atoms with van der Waals surface area (Å²) in [6.07, 6.45) is 5.29. The molecule has 1 aliphatic carbocycles. The molecule has 2 amide bonds. The number of nitrogens with zero attached hydrogens (tertiary/aromatic N) is 5. The molecule has 13 heteroatoms. The number of amides is 2. The molecule has 0 aliphatic heterocycles. The van der Waals surface area contributed by atoms with Gasteiger partial charge in [-0.05, 0) is 81.1 Å². The number of fused-ring (bicyclic) bond motifs is 1. The Bertz CT molecular complexity index is 1790. The second kappa shape index (κ2) is 14.8. The molecule has 0 saturated heterocycles. The van der Waals surface area contributed by atoms with Crippen molar-refractivity contribution in [3.05, 3.63) is 83.6 Å². The number of rotatable bonds is 10. The number of carbonyl (C=O) groups excluding carboxylic acids is 3. The van der Waals surface area contributed by atoms with Gasteiger partial charge in [-0.15, -0.1) is 0 Å². The Morgan fingerprint density at radius 3 is 2.62 bits per heavy atom. The van der Waals surface area contributed by atoms with Crippen LogP contribution in [0, 0.1) is 5.82 Å². The maximum atomic E-state index is 15.1. The number of ether oxygens (including phenoxy) is 2. The average molecular weight is 644 g/mol. The summed E-state index contributed by atoms with van der Waals surface area (Å²) in [5.74, 6) is -0.624. The number of anilines is 2. The molecule has 47 heavy (non-hydrogen) atoms. The van der Waals surface area contributed by atoms with Crippen LogP contribution < -0.4 is 16.0 Å². The Morgan fingerprint density at radius 1 is 1.13 bits per heavy atom. The van der Waals surface area contributed by atoms with Gasteiger partial charge in [0.1, 0.15) is 29.4 Å². The number of aromatic nitrogens is 3. The molecule has 1 saturated carbocycles. The Hall–Kier alpha value is -5.33. The van der Waals surface area contributed by atoms with Crippen LogP contribution in [0.25, 0.3) is 11.0 Å². The second-order valence-corrected chi connectivity index (χ2v) is 11.4. The maximum absolute atomic E-state index is 15.1. The fourth-order valence-electron chi connectivity index (χ4n) is 5.67. The van der Waals surface area contributed by atoms with Crippen LogP contribution >= 0.6 is 0 Å². The zero-order chi connectivity index (χ0) is 33.5. The summed E-state index contributed by atoms with van der Waals surface area (Å²) in [6, 6.07) is 14.4. The van der Waals surface area contributed by atoms with Crippen molar-refractivity contribution < 1.29 is 28.2 Å². The smallest absolute Gasteiger partial charge is 0.435 e. The van der Waals surface area contributed by atoms with E-state index >= 15 is 4.39 Å². The normalized spacial score (nSPS) is 14.4. The molecule has 12 nitrogen and oxygen atoms in total. The van der Waals surface area contributed by atoms with E-state index < -0.39 is 17.9 Å². The molecule has 0 spiro atoms. The Labute approximate surface area is 271 Å². The van der Waals surface area contributed by atoms with Crippen LogP contribution in [0.3, 0.4) is 0 Å². The predicted octanol–water partition coefficient (Wildman–Crippen LogP) is 5.67. The van der Waals surface area contributed by atoms with E-state index in [-0.39, 0.29) is 42.4 Å². The molecule has 2 heterocycles. The van der Waals surface area contributed by atoms with E-state index in [9.17, 15) is 14.4 Å². The molecule has 246 valence electrons. The summed E-state index contributed by atoms with van der Waals surface area (Å²) in [6.45, 7) is 1.97. The molecule has 1 aliphatic rings. The van der Waals surface area contributed by atoms with Gasteiger partial charge >= 0.3 is 12.1 Å². The number of amidine groups is 1. The number of pyridine rings is 1. The summed E-state index contributed by atoms with van der Waals surface area (Å²) in [7, 11) is 3.15. The lowest BCUT2D eigenvalue weighted by Crippen LogP contribution is -2.33. The first-order valence-electron chi connectivity index (χ1n) is 15.5. The zero-order valence-electron chi connectivity index (χ0n) is 26.6. The number of methoxy groups -OCH3 is 1. The topological polar surface area (TPSA) is 154 Å². The van der Waals surface area contributed by atoms with Gasteiger partial charge in [0.15, 0.2) is 0 Å². The molecule has 5 rings (SSSR count). The minimum absolute atomic E-state index is 0.00458. The third kappa shape index (κ3) is 7.91. The van der Waals surface area contributed by atoms with Gasteiger partial charge in [-0.1, -0.05) is 12.5 Å². The van der Waals surface area contributed by atoms with E-state index in [4.69, 9.17) is 20.2 Å². The lowest BCUT2D eigenvalue weighted by molar-refractivity contribution is -0.140. The van der Waals surface area contributed by atoms with Crippen LogP contribution in [0.5, 0.6) is 0 Å². The number of hydrogen-bond donors (Lipinski definition) is 2. The number of benzene rings is 2. The van der Waals surface area contributed by atoms with E-state index in [1.807, 2.05) is 18.5 Å². The van der Waals surface area contributed by atoms with Gasteiger partial charge in [0.05, 0.1) is 36.2 Å². The van der Waals surface area contributed by atoms with E-state index in [2.05, 4.69) is 15.3 Å². The Kier molecular flexibility index (Phi) is 10.4. The van der Waals surface area contributed by atoms with Crippen molar-refractivity contribution in [2.75, 3.05) is 23.9 Å². The molecular weight excluding hydrogens is 605 g/mol. The number of carbonyl (C=O) groups is 3. The van der Waals surface area contributed by atoms with Gasteiger partial charge < -0.3 is 25.1 Å². The van der Waals surface area contributed by atoms with Crippen LogP contribution in [0.1, 0.15) is 73.2 Å². The molecule has 0 radical (unpaired) electrons. The third-order valence-corrected chi connectivity index (χ3v) is 8.15. The first-order valence-corrected chi connectivity index (χ1v) is 15.5. The second-order valence-electron chi connectivity index (χ2n) is 11.4. The lowest BCUT2D eigenvalue weighted by atomic mass is 9.98. The van der Waals surface area contributed by atoms with Crippen LogP contribution in [0.4, 0.5) is 20.7 Å². The fourth-order valence-corrected chi connectivity index (χ4v) is 5.67. The number of esters is 1. The van der Waals surface area contributed by atoms with Crippen molar-refractivity contribution in [2.24, 2.45) is 17.8 Å². The molecule has 3 N–H and O–H groups in total. The number of aryl methyl sites for hydroxylation is 1. The van der Waals surface area contributed by atoms with Crippen LogP contribution in [-0.2, 0) is 21.3 Å². The van der Waals surface area contributed by atoms with Gasteiger partial charge in [0, 0.05) is 31.0 Å². The molecular formula is C34H38FN7O5. The van der Waals surface area contributed by atoms with Crippen molar-refractivity contribution in [1.82, 2.24) is 14.5 Å². The highest BCUT2D eigenvalue weighted by Crippen LogP contribution is 2.26. The molecule has 1 atom stereocenters. The van der Waals surface area contributed by atoms with Crippen LogP contribution in [-0.4, -0.2) is 58.1 Å². The minimum atomic E-state index is -0.818. The number of nitrogens with two attached hydrogens (primary N) is 1. The highest BCUT2D eigenvalue weighted by atomic mass is 19.1. The average Bonchev–Trinajstić information content (AvgIpc) is 3.41. The van der Waals surface area contributed by atoms with Crippen LogP contribution in [0.2, 0.25) is 0 Å². The highest BCUT2D eigenvalue weighted by Gasteiger charge is 2.23. The molecule has 1 unspecified atom stereocenters. The van der Waals surface area contributed by atoms with Crippen molar-refractivity contribution in [3.8, 4) is 0 Å². The van der Waals surface area contributed by atoms with Gasteiger partial charge in [-0.2, -0.15) is 4.99 Å². The van der Waals surface area contributed by atoms with Gasteiger partial charge in [-0.25, -0.2) is 19.2 Å². The van der Waals surface area contributed by atoms with E-state index in [1.54, 1.807) is 48.7 Å². The number of imidazole rings is 1. The summed E-state index contributed by atoms with van der Waals surface area (Å²) in [5, 5.41) is 3.25. The van der Waals surface area contributed by atoms with Crippen molar-refractivity contribution in [2.45, 2.75) is 57.6 Å². The maximum Gasteiger partial charge on any atom is 0.435 e. The molecule has 2 aromatic carbocycles. The Morgan fingerprint density at radius 2 is 1.91 bits per heavy atom. The van der Waals surface area contributed by atoms with E-state index in [1.165, 1.54) is 24.1 Å². The largest absolute Gasteiger partial charge is 0.469 e. The number of aliphatic imine (C=N–C) groups is 1. The monoisotopic (exact) mass is 643 g/mol. The fraction of sp³-hybridized carbons (Fsp3) is 0.353. The van der Waals surface area contributed by atoms with Crippen molar-refractivity contribution in [1.29, 1.82) is 0 Å². The predicted molar refractivity (Wildman–Crippen MR) is 176 cm³/mol. The molecule has 4 aromatic rings. The quantitative estimate of drug-likeness (QED) is 0.126. The van der Waals surface area contributed by atoms with Gasteiger partial charge in [0.25, 0.3) is 5.91 Å². The molecule has 2 aromatic heterocycles. The standard InChI is InChI=1S/C34H38FN7O5/c1-21(38-23-13-14-25(26(35)20-23)31(36)40-34(45)47-24-9-5-4-6-10-24)32-39-27-19-22(12-15-28(27)41(32)2)33(44)42(18-16-30(43)46-3)29-11-7-8-17-37-29/h7-8,11-15,17,19-21,24,38H,4-6,9-10,16,18H2,1-3H3,(H2,36,40,45). The summed E-state index contributed by atoms with van der Waals surface area (Å²) in [5.41, 5.74) is 8.16. The first kappa shape index (κ1) is 33.0. The third-order valence-electron chi connectivity index (χ3n) is 8.15. The van der Waals surface area contributed by atoms with Crippen molar-refractivity contribution in [3.63, 3.8) is 0 Å². The molecule has 0 bridgehead atoms. The lowest BCUT2D eigenvalue weighted by Gasteiger charge is -2.21. The minimum Gasteiger partial charge on any atom is -0.469 e. The van der Waals surface area contributed by atoms with E-state index in [0.29, 0.717) is 28.4 Å². The summed E-state index contributed by atoms with van der Waals surface area (Å²) in [4.78, 5) is 51.9. The van der Waals surface area contributed by atoms with Gasteiger partial charge in [-0.3, -0.25) is 14.5 Å². The summed E-state index contributed by atoms with van der Waals surface area (Å²) >= 11 is 0. The van der Waals surface area contributed by atoms with Crippen molar-refractivity contribution >= 4 is 46.3 Å².